The van der Waals surface area contributed by atoms with Crippen LogP contribution in [0, 0.1) is 0 Å². The Balaban J connectivity index is 1.47. The second-order valence-electron chi connectivity index (χ2n) is 6.43. The number of rotatable bonds is 9. The Morgan fingerprint density at radius 2 is 1.59 bits per heavy atom. The van der Waals surface area contributed by atoms with Crippen molar-refractivity contribution in [2.75, 3.05) is 13.2 Å². The molecule has 0 aliphatic heterocycles. The normalized spacial score (nSPS) is 10.6. The lowest BCUT2D eigenvalue weighted by atomic mass is 10.2. The SMILES string of the molecule is CCOc1ccccc1OCC(=O)NN=Cc1ccc(OC(=O)c2ccc(Cl)cc2)cc1. The molecular weight excluding hydrogens is 432 g/mol. The van der Waals surface area contributed by atoms with Gasteiger partial charge in [0, 0.05) is 5.02 Å². The summed E-state index contributed by atoms with van der Waals surface area (Å²) in [6.45, 7) is 2.16. The predicted octanol–water partition coefficient (Wildman–Crippen LogP) is 4.49. The number of nitrogens with zero attached hydrogens (tertiary/aromatic N) is 1. The fourth-order valence-corrected chi connectivity index (χ4v) is 2.70. The minimum Gasteiger partial charge on any atom is -0.490 e. The molecule has 0 fully saturated rings. The number of hydrogen-bond acceptors (Lipinski definition) is 6. The van der Waals surface area contributed by atoms with Crippen LogP contribution in [-0.2, 0) is 4.79 Å². The quantitative estimate of drug-likeness (QED) is 0.224. The van der Waals surface area contributed by atoms with E-state index in [0.29, 0.717) is 40.0 Å². The van der Waals surface area contributed by atoms with E-state index in [2.05, 4.69) is 10.5 Å². The number of hydrazone groups is 1. The molecule has 164 valence electrons. The van der Waals surface area contributed by atoms with Gasteiger partial charge in [0.1, 0.15) is 5.75 Å². The van der Waals surface area contributed by atoms with E-state index in [-0.39, 0.29) is 6.61 Å². The zero-order valence-electron chi connectivity index (χ0n) is 17.3. The minimum absolute atomic E-state index is 0.207. The van der Waals surface area contributed by atoms with Crippen LogP contribution in [0.15, 0.2) is 77.9 Å². The molecule has 0 heterocycles. The maximum atomic E-state index is 12.1. The number of esters is 1. The molecule has 0 saturated carbocycles. The van der Waals surface area contributed by atoms with Crippen molar-refractivity contribution in [3.63, 3.8) is 0 Å². The van der Waals surface area contributed by atoms with Crippen molar-refractivity contribution in [2.45, 2.75) is 6.92 Å². The van der Waals surface area contributed by atoms with Gasteiger partial charge < -0.3 is 14.2 Å². The van der Waals surface area contributed by atoms with Crippen LogP contribution in [0.5, 0.6) is 17.2 Å². The summed E-state index contributed by atoms with van der Waals surface area (Å²) >= 11 is 5.82. The molecule has 0 aliphatic rings. The van der Waals surface area contributed by atoms with E-state index in [1.165, 1.54) is 6.21 Å². The Kier molecular flexibility index (Phi) is 8.22. The van der Waals surface area contributed by atoms with E-state index < -0.39 is 11.9 Å². The van der Waals surface area contributed by atoms with E-state index >= 15 is 0 Å². The maximum Gasteiger partial charge on any atom is 0.343 e. The Hall–Kier alpha value is -3.84. The van der Waals surface area contributed by atoms with E-state index in [1.807, 2.05) is 13.0 Å². The highest BCUT2D eigenvalue weighted by Crippen LogP contribution is 2.26. The smallest absolute Gasteiger partial charge is 0.343 e. The number of ether oxygens (including phenoxy) is 3. The highest BCUT2D eigenvalue weighted by atomic mass is 35.5. The van der Waals surface area contributed by atoms with E-state index in [1.54, 1.807) is 66.7 Å². The van der Waals surface area contributed by atoms with E-state index in [0.717, 1.165) is 0 Å². The molecule has 3 aromatic rings. The van der Waals surface area contributed by atoms with Gasteiger partial charge in [0.15, 0.2) is 18.1 Å². The summed E-state index contributed by atoms with van der Waals surface area (Å²) in [5.74, 6) is 0.537. The first kappa shape index (κ1) is 22.8. The van der Waals surface area contributed by atoms with Crippen LogP contribution in [0.4, 0.5) is 0 Å². The number of carbonyl (C=O) groups excluding carboxylic acids is 2. The maximum absolute atomic E-state index is 12.1. The zero-order chi connectivity index (χ0) is 22.8. The van der Waals surface area contributed by atoms with Crippen LogP contribution in [0.25, 0.3) is 0 Å². The summed E-state index contributed by atoms with van der Waals surface area (Å²) in [4.78, 5) is 24.1. The predicted molar refractivity (Wildman–Crippen MR) is 122 cm³/mol. The van der Waals surface area contributed by atoms with Crippen molar-refractivity contribution in [3.8, 4) is 17.2 Å². The highest BCUT2D eigenvalue weighted by Gasteiger charge is 2.09. The first-order chi connectivity index (χ1) is 15.5. The summed E-state index contributed by atoms with van der Waals surface area (Å²) in [5.41, 5.74) is 3.50. The average molecular weight is 453 g/mol. The van der Waals surface area contributed by atoms with E-state index in [4.69, 9.17) is 25.8 Å². The molecule has 0 aromatic heterocycles. The van der Waals surface area contributed by atoms with Gasteiger partial charge in [-0.25, -0.2) is 10.2 Å². The van der Waals surface area contributed by atoms with Gasteiger partial charge in [0.2, 0.25) is 0 Å². The average Bonchev–Trinajstić information content (AvgIpc) is 2.80. The number of hydrogen-bond donors (Lipinski definition) is 1. The fourth-order valence-electron chi connectivity index (χ4n) is 2.57. The Labute approximate surface area is 190 Å². The third-order valence-electron chi connectivity index (χ3n) is 4.08. The lowest BCUT2D eigenvalue weighted by molar-refractivity contribution is -0.123. The van der Waals surface area contributed by atoms with Gasteiger partial charge in [-0.15, -0.1) is 0 Å². The Morgan fingerprint density at radius 1 is 0.938 bits per heavy atom. The Morgan fingerprint density at radius 3 is 2.25 bits per heavy atom. The van der Waals surface area contributed by atoms with Crippen LogP contribution in [-0.4, -0.2) is 31.3 Å². The molecule has 1 amide bonds. The summed E-state index contributed by atoms with van der Waals surface area (Å²) in [5, 5.41) is 4.44. The molecule has 1 N–H and O–H groups in total. The number of para-hydroxylation sites is 2. The Bertz CT molecular complexity index is 1080. The van der Waals surface area contributed by atoms with Gasteiger partial charge in [0.05, 0.1) is 18.4 Å². The van der Waals surface area contributed by atoms with Crippen LogP contribution in [0.2, 0.25) is 5.02 Å². The van der Waals surface area contributed by atoms with E-state index in [9.17, 15) is 9.59 Å². The molecule has 0 unspecified atom stereocenters. The zero-order valence-corrected chi connectivity index (χ0v) is 18.0. The van der Waals surface area contributed by atoms with Gasteiger partial charge in [0.25, 0.3) is 5.91 Å². The van der Waals surface area contributed by atoms with Crippen molar-refractivity contribution in [1.29, 1.82) is 0 Å². The number of benzene rings is 3. The molecule has 7 nitrogen and oxygen atoms in total. The van der Waals surface area contributed by atoms with Gasteiger partial charge in [-0.2, -0.15) is 5.10 Å². The summed E-state index contributed by atoms with van der Waals surface area (Å²) < 4.78 is 16.2. The topological polar surface area (TPSA) is 86.2 Å². The number of halogens is 1. The lowest BCUT2D eigenvalue weighted by Crippen LogP contribution is -2.24. The highest BCUT2D eigenvalue weighted by molar-refractivity contribution is 6.30. The third-order valence-corrected chi connectivity index (χ3v) is 4.33. The third kappa shape index (κ3) is 6.85. The molecular formula is C24H21ClN2O5. The van der Waals surface area contributed by atoms with Crippen LogP contribution >= 0.6 is 11.6 Å². The minimum atomic E-state index is -0.485. The lowest BCUT2D eigenvalue weighted by Gasteiger charge is -2.10. The summed E-state index contributed by atoms with van der Waals surface area (Å²) in [6, 6.07) is 20.2. The van der Waals surface area contributed by atoms with Gasteiger partial charge in [-0.3, -0.25) is 4.79 Å². The van der Waals surface area contributed by atoms with Crippen LogP contribution in [0.1, 0.15) is 22.8 Å². The molecule has 3 rings (SSSR count). The van der Waals surface area contributed by atoms with Gasteiger partial charge in [-0.1, -0.05) is 23.7 Å². The van der Waals surface area contributed by atoms with Crippen LogP contribution < -0.4 is 19.6 Å². The molecule has 32 heavy (non-hydrogen) atoms. The second kappa shape index (κ2) is 11.5. The molecule has 3 aromatic carbocycles. The molecule has 0 saturated heterocycles. The molecule has 0 atom stereocenters. The van der Waals surface area contributed by atoms with Crippen molar-refractivity contribution in [1.82, 2.24) is 5.43 Å². The van der Waals surface area contributed by atoms with Gasteiger partial charge >= 0.3 is 5.97 Å². The first-order valence-electron chi connectivity index (χ1n) is 9.79. The largest absolute Gasteiger partial charge is 0.490 e. The van der Waals surface area contributed by atoms with Crippen molar-refractivity contribution >= 4 is 29.7 Å². The molecule has 0 spiro atoms. The van der Waals surface area contributed by atoms with Crippen molar-refractivity contribution in [3.05, 3.63) is 88.9 Å². The molecule has 8 heteroatoms. The second-order valence-corrected chi connectivity index (χ2v) is 6.86. The molecule has 0 aliphatic carbocycles. The molecule has 0 bridgehead atoms. The summed E-state index contributed by atoms with van der Waals surface area (Å²) in [6.07, 6.45) is 1.47. The number of amides is 1. The van der Waals surface area contributed by atoms with Crippen LogP contribution in [0.3, 0.4) is 0 Å². The first-order valence-corrected chi connectivity index (χ1v) is 10.2. The standard InChI is InChI=1S/C24H21ClN2O5/c1-2-30-21-5-3-4-6-22(21)31-16-23(28)27-26-15-17-7-13-20(14-8-17)32-24(29)18-9-11-19(25)12-10-18/h3-15H,2,16H2,1H3,(H,27,28). The molecule has 0 radical (unpaired) electrons. The number of nitrogens with one attached hydrogen (secondary N) is 1. The number of carbonyl (C=O) groups is 2. The van der Waals surface area contributed by atoms with Crippen molar-refractivity contribution in [2.24, 2.45) is 5.10 Å². The fraction of sp³-hybridized carbons (Fsp3) is 0.125. The monoisotopic (exact) mass is 452 g/mol. The van der Waals surface area contributed by atoms with Gasteiger partial charge in [-0.05, 0) is 73.2 Å². The van der Waals surface area contributed by atoms with Crippen molar-refractivity contribution < 1.29 is 23.8 Å². The summed E-state index contributed by atoms with van der Waals surface area (Å²) in [7, 11) is 0.